The lowest BCUT2D eigenvalue weighted by molar-refractivity contribution is 0.0694. The summed E-state index contributed by atoms with van der Waals surface area (Å²) in [5, 5.41) is 7.31. The van der Waals surface area contributed by atoms with Crippen molar-refractivity contribution in [2.24, 2.45) is 4.99 Å². The van der Waals surface area contributed by atoms with E-state index in [2.05, 4.69) is 22.8 Å². The van der Waals surface area contributed by atoms with Crippen LogP contribution in [0.3, 0.4) is 0 Å². The van der Waals surface area contributed by atoms with Crippen LogP contribution in [-0.2, 0) is 0 Å². The molecule has 2 aliphatic heterocycles. The first-order valence-electron chi connectivity index (χ1n) is 10.9. The Hall–Kier alpha value is -2.89. The third-order valence-corrected chi connectivity index (χ3v) is 6.49. The minimum absolute atomic E-state index is 0.130. The first kappa shape index (κ1) is 19.1. The van der Waals surface area contributed by atoms with Gasteiger partial charge in [-0.1, -0.05) is 31.0 Å². The number of benzene rings is 2. The number of carbonyl (C=O) groups excluding carboxylic acids is 1. The summed E-state index contributed by atoms with van der Waals surface area (Å²) in [7, 11) is 0. The molecule has 3 aliphatic rings. The Bertz CT molecular complexity index is 985. The molecule has 2 heterocycles. The Morgan fingerprint density at radius 1 is 1.07 bits per heavy atom. The van der Waals surface area contributed by atoms with Crippen LogP contribution in [0.15, 0.2) is 53.5 Å². The molecule has 2 aromatic rings. The number of anilines is 2. The van der Waals surface area contributed by atoms with Crippen LogP contribution in [-0.4, -0.2) is 41.3 Å². The second-order valence-corrected chi connectivity index (χ2v) is 8.63. The molecule has 5 nitrogen and oxygen atoms in total. The number of para-hydroxylation sites is 2. The standard InChI is InChI=1S/C24H27FN4O/c25-18-8-5-7-17(15-18)22(30)29-14-6-13-24(16-29)23(26-19-9-1-2-10-19)27-20-11-3-4-12-21(20)28-24/h3-5,7-8,11-12,15,19,28H,1-2,6,9-10,13-14,16H2,(H,26,27)/t24-/m0/s1. The summed E-state index contributed by atoms with van der Waals surface area (Å²) >= 11 is 0. The molecule has 1 aliphatic carbocycles. The predicted molar refractivity (Wildman–Crippen MR) is 118 cm³/mol. The van der Waals surface area contributed by atoms with Gasteiger partial charge in [-0.25, -0.2) is 4.39 Å². The zero-order valence-corrected chi connectivity index (χ0v) is 17.0. The molecule has 156 valence electrons. The third kappa shape index (κ3) is 3.55. The lowest BCUT2D eigenvalue weighted by Crippen LogP contribution is -2.62. The predicted octanol–water partition coefficient (Wildman–Crippen LogP) is 4.68. The van der Waals surface area contributed by atoms with Gasteiger partial charge in [-0.2, -0.15) is 0 Å². The molecular weight excluding hydrogens is 379 g/mol. The molecule has 30 heavy (non-hydrogen) atoms. The number of hydrogen-bond acceptors (Lipinski definition) is 3. The minimum Gasteiger partial charge on any atom is -0.370 e. The Morgan fingerprint density at radius 2 is 1.87 bits per heavy atom. The molecule has 1 spiro atoms. The van der Waals surface area contributed by atoms with Gasteiger partial charge in [0.15, 0.2) is 0 Å². The van der Waals surface area contributed by atoms with Crippen molar-refractivity contribution in [3.8, 4) is 0 Å². The topological polar surface area (TPSA) is 56.7 Å². The third-order valence-electron chi connectivity index (χ3n) is 6.49. The zero-order chi connectivity index (χ0) is 20.6. The van der Waals surface area contributed by atoms with Crippen LogP contribution in [0.5, 0.6) is 0 Å². The van der Waals surface area contributed by atoms with Crippen molar-refractivity contribution in [2.75, 3.05) is 23.7 Å². The van der Waals surface area contributed by atoms with E-state index in [1.807, 2.05) is 17.0 Å². The molecule has 0 bridgehead atoms. The van der Waals surface area contributed by atoms with Crippen molar-refractivity contribution in [2.45, 2.75) is 50.1 Å². The smallest absolute Gasteiger partial charge is 0.254 e. The van der Waals surface area contributed by atoms with E-state index in [4.69, 9.17) is 4.99 Å². The van der Waals surface area contributed by atoms with Gasteiger partial charge in [0, 0.05) is 12.1 Å². The van der Waals surface area contributed by atoms with Gasteiger partial charge in [-0.15, -0.1) is 0 Å². The Labute approximate surface area is 176 Å². The lowest BCUT2D eigenvalue weighted by atomic mass is 9.84. The van der Waals surface area contributed by atoms with Gasteiger partial charge in [-0.05, 0) is 56.0 Å². The quantitative estimate of drug-likeness (QED) is 0.761. The number of piperidine rings is 1. The van der Waals surface area contributed by atoms with Gasteiger partial charge in [0.1, 0.15) is 17.2 Å². The van der Waals surface area contributed by atoms with E-state index in [0.29, 0.717) is 24.7 Å². The highest BCUT2D eigenvalue weighted by Gasteiger charge is 2.45. The van der Waals surface area contributed by atoms with Crippen molar-refractivity contribution in [1.29, 1.82) is 0 Å². The van der Waals surface area contributed by atoms with E-state index >= 15 is 0 Å². The Morgan fingerprint density at radius 3 is 2.67 bits per heavy atom. The molecule has 5 rings (SSSR count). The second-order valence-electron chi connectivity index (χ2n) is 8.63. The van der Waals surface area contributed by atoms with E-state index in [1.165, 1.54) is 25.0 Å². The van der Waals surface area contributed by atoms with E-state index in [1.54, 1.807) is 12.1 Å². The molecule has 6 heteroatoms. The van der Waals surface area contributed by atoms with Gasteiger partial charge in [0.25, 0.3) is 5.91 Å². The molecule has 2 aromatic carbocycles. The number of hydrogen-bond donors (Lipinski definition) is 2. The fourth-order valence-electron chi connectivity index (χ4n) is 4.97. The fraction of sp³-hybridized carbons (Fsp3) is 0.417. The maximum atomic E-state index is 13.7. The summed E-state index contributed by atoms with van der Waals surface area (Å²) in [6, 6.07) is 14.4. The number of amides is 1. The number of aliphatic imine (C=N–C) groups is 1. The second kappa shape index (κ2) is 7.74. The van der Waals surface area contributed by atoms with Crippen molar-refractivity contribution in [1.82, 2.24) is 4.90 Å². The first-order chi connectivity index (χ1) is 14.6. The number of halogens is 1. The Kier molecular flexibility index (Phi) is 4.93. The molecule has 0 aromatic heterocycles. The summed E-state index contributed by atoms with van der Waals surface area (Å²) in [5.74, 6) is 0.418. The maximum Gasteiger partial charge on any atom is 0.254 e. The summed E-state index contributed by atoms with van der Waals surface area (Å²) < 4.78 is 13.7. The average Bonchev–Trinajstić information content (AvgIpc) is 3.27. The molecule has 2 N–H and O–H groups in total. The largest absolute Gasteiger partial charge is 0.370 e. The maximum absolute atomic E-state index is 13.7. The summed E-state index contributed by atoms with van der Waals surface area (Å²) in [6.07, 6.45) is 6.45. The van der Waals surface area contributed by atoms with E-state index in [0.717, 1.165) is 42.9 Å². The van der Waals surface area contributed by atoms with Crippen molar-refractivity contribution < 1.29 is 9.18 Å². The van der Waals surface area contributed by atoms with Gasteiger partial charge >= 0.3 is 0 Å². The molecular formula is C24H27FN4O. The van der Waals surface area contributed by atoms with Crippen LogP contribution in [0, 0.1) is 5.82 Å². The molecule has 2 fully saturated rings. The number of carbonyl (C=O) groups is 1. The van der Waals surface area contributed by atoms with Crippen LogP contribution >= 0.6 is 0 Å². The van der Waals surface area contributed by atoms with E-state index < -0.39 is 5.54 Å². The van der Waals surface area contributed by atoms with Crippen molar-refractivity contribution in [3.05, 3.63) is 59.9 Å². The molecule has 1 amide bonds. The highest BCUT2D eigenvalue weighted by molar-refractivity contribution is 6.10. The van der Waals surface area contributed by atoms with E-state index in [-0.39, 0.29) is 11.7 Å². The van der Waals surface area contributed by atoms with Gasteiger partial charge in [0.2, 0.25) is 0 Å². The van der Waals surface area contributed by atoms with Gasteiger partial charge in [0.05, 0.1) is 24.0 Å². The summed E-state index contributed by atoms with van der Waals surface area (Å²) in [6.45, 7) is 1.17. The number of nitrogens with one attached hydrogen (secondary N) is 2. The Balaban J connectivity index is 1.48. The van der Waals surface area contributed by atoms with Crippen molar-refractivity contribution >= 4 is 23.1 Å². The van der Waals surface area contributed by atoms with Crippen LogP contribution in [0.25, 0.3) is 0 Å². The summed E-state index contributed by atoms with van der Waals surface area (Å²) in [4.78, 5) is 20.1. The normalized spacial score (nSPS) is 25.1. The number of nitrogens with zero attached hydrogens (tertiary/aromatic N) is 2. The van der Waals surface area contributed by atoms with Crippen molar-refractivity contribution in [3.63, 3.8) is 0 Å². The average molecular weight is 407 g/mol. The summed E-state index contributed by atoms with van der Waals surface area (Å²) in [5.41, 5.74) is 2.00. The van der Waals surface area contributed by atoms with Crippen LogP contribution in [0.1, 0.15) is 48.9 Å². The monoisotopic (exact) mass is 406 g/mol. The number of amidine groups is 1. The number of fused-ring (bicyclic) bond motifs is 1. The molecule has 1 atom stereocenters. The molecule has 1 saturated heterocycles. The lowest BCUT2D eigenvalue weighted by Gasteiger charge is -2.47. The van der Waals surface area contributed by atoms with Crippen LogP contribution in [0.2, 0.25) is 0 Å². The first-order valence-corrected chi connectivity index (χ1v) is 10.9. The highest BCUT2D eigenvalue weighted by atomic mass is 19.1. The van der Waals surface area contributed by atoms with Gasteiger partial charge < -0.3 is 15.5 Å². The minimum atomic E-state index is -0.446. The zero-order valence-electron chi connectivity index (χ0n) is 17.0. The van der Waals surface area contributed by atoms with Crippen LogP contribution in [0.4, 0.5) is 15.8 Å². The van der Waals surface area contributed by atoms with E-state index in [9.17, 15) is 9.18 Å². The fourth-order valence-corrected chi connectivity index (χ4v) is 4.97. The number of likely N-dealkylation sites (tertiary alicyclic amines) is 1. The van der Waals surface area contributed by atoms with Crippen LogP contribution < -0.4 is 10.6 Å². The SMILES string of the molecule is O=C(c1cccc(F)c1)N1CCC[C@@]2(C1)Nc1ccccc1NC2=NC1CCCC1. The highest BCUT2D eigenvalue weighted by Crippen LogP contribution is 2.37. The molecule has 1 saturated carbocycles. The molecule has 0 unspecified atom stereocenters. The number of rotatable bonds is 2. The molecule has 0 radical (unpaired) electrons. The van der Waals surface area contributed by atoms with Gasteiger partial charge in [-0.3, -0.25) is 9.79 Å².